The summed E-state index contributed by atoms with van der Waals surface area (Å²) in [4.78, 5) is 25.1. The number of amides is 2. The van der Waals surface area contributed by atoms with E-state index in [1.807, 2.05) is 0 Å². The molecule has 0 fully saturated rings. The van der Waals surface area contributed by atoms with Crippen molar-refractivity contribution in [2.75, 3.05) is 24.9 Å². The highest BCUT2D eigenvalue weighted by molar-refractivity contribution is 6.31. The lowest BCUT2D eigenvalue weighted by molar-refractivity contribution is -0.111. The summed E-state index contributed by atoms with van der Waals surface area (Å²) >= 11 is 6.00. The highest BCUT2D eigenvalue weighted by Crippen LogP contribution is 2.38. The summed E-state index contributed by atoms with van der Waals surface area (Å²) in [6.07, 6.45) is 3.04. The maximum absolute atomic E-state index is 12.7. The van der Waals surface area contributed by atoms with Crippen LogP contribution in [0.1, 0.15) is 15.9 Å². The molecule has 0 aromatic heterocycles. The molecule has 0 unspecified atom stereocenters. The number of hydrogen-bond acceptors (Lipinski definition) is 5. The molecule has 1 heterocycles. The topological polar surface area (TPSA) is 85.9 Å². The van der Waals surface area contributed by atoms with Gasteiger partial charge in [-0.1, -0.05) is 17.7 Å². The maximum Gasteiger partial charge on any atom is 0.259 e. The van der Waals surface area contributed by atoms with Crippen molar-refractivity contribution in [3.63, 3.8) is 0 Å². The molecule has 2 N–H and O–H groups in total. The zero-order valence-corrected chi connectivity index (χ0v) is 18.0. The van der Waals surface area contributed by atoms with Crippen molar-refractivity contribution in [3.05, 3.63) is 76.8 Å². The summed E-state index contributed by atoms with van der Waals surface area (Å²) in [5, 5.41) is 6.00. The van der Waals surface area contributed by atoms with Gasteiger partial charge in [0.15, 0.2) is 17.2 Å². The van der Waals surface area contributed by atoms with Crippen LogP contribution in [-0.2, 0) is 4.79 Å². The SMILES string of the molecule is COc1ccc(/C=C/C(=O)Nc2ccc3c(c2)C(=O)Nc2cc(Cl)ccc2O3)cc1OC. The molecule has 0 saturated carbocycles. The van der Waals surface area contributed by atoms with Crippen molar-refractivity contribution >= 4 is 40.9 Å². The minimum atomic E-state index is -0.363. The first-order valence-electron chi connectivity index (χ1n) is 9.61. The molecule has 0 spiro atoms. The second-order valence-corrected chi connectivity index (χ2v) is 7.28. The van der Waals surface area contributed by atoms with Gasteiger partial charge < -0.3 is 24.8 Å². The summed E-state index contributed by atoms with van der Waals surface area (Å²) in [6, 6.07) is 15.1. The molecule has 3 aromatic rings. The standard InChI is InChI=1S/C24H19ClN2O5/c1-30-21-7-3-14(11-22(21)31-2)4-10-23(28)26-16-6-9-19-17(13-16)24(29)27-18-12-15(25)5-8-20(18)32-19/h3-13H,1-2H3,(H,26,28)(H,27,29)/b10-4+. The average molecular weight is 451 g/mol. The Morgan fingerprint density at radius 3 is 2.56 bits per heavy atom. The van der Waals surface area contributed by atoms with E-state index in [4.69, 9.17) is 25.8 Å². The third-order valence-electron chi connectivity index (χ3n) is 4.74. The fourth-order valence-corrected chi connectivity index (χ4v) is 3.36. The smallest absolute Gasteiger partial charge is 0.259 e. The van der Waals surface area contributed by atoms with E-state index in [9.17, 15) is 9.59 Å². The minimum Gasteiger partial charge on any atom is -0.493 e. The van der Waals surface area contributed by atoms with Crippen LogP contribution >= 0.6 is 11.6 Å². The van der Waals surface area contributed by atoms with Crippen molar-refractivity contribution in [1.29, 1.82) is 0 Å². The number of halogens is 1. The van der Waals surface area contributed by atoms with Crippen LogP contribution in [0.25, 0.3) is 6.08 Å². The van der Waals surface area contributed by atoms with E-state index >= 15 is 0 Å². The third kappa shape index (κ3) is 4.53. The van der Waals surface area contributed by atoms with E-state index in [1.165, 1.54) is 6.08 Å². The number of nitrogens with one attached hydrogen (secondary N) is 2. The molecule has 0 atom stereocenters. The summed E-state index contributed by atoms with van der Waals surface area (Å²) in [5.41, 5.74) is 1.98. The van der Waals surface area contributed by atoms with Crippen LogP contribution in [0.15, 0.2) is 60.7 Å². The molecule has 0 aliphatic carbocycles. The number of carbonyl (C=O) groups is 2. The molecule has 1 aliphatic rings. The maximum atomic E-state index is 12.7. The van der Waals surface area contributed by atoms with Gasteiger partial charge in [0, 0.05) is 16.8 Å². The molecule has 32 heavy (non-hydrogen) atoms. The Hall–Kier alpha value is -3.97. The molecule has 0 saturated heterocycles. The highest BCUT2D eigenvalue weighted by atomic mass is 35.5. The minimum absolute atomic E-state index is 0.291. The van der Waals surface area contributed by atoms with Gasteiger partial charge in [0.1, 0.15) is 5.75 Å². The molecule has 162 valence electrons. The zero-order valence-electron chi connectivity index (χ0n) is 17.3. The highest BCUT2D eigenvalue weighted by Gasteiger charge is 2.21. The second-order valence-electron chi connectivity index (χ2n) is 6.84. The molecule has 2 amide bonds. The van der Waals surface area contributed by atoms with E-state index in [0.717, 1.165) is 5.56 Å². The number of fused-ring (bicyclic) bond motifs is 2. The van der Waals surface area contributed by atoms with Gasteiger partial charge in [-0.2, -0.15) is 0 Å². The van der Waals surface area contributed by atoms with Crippen molar-refractivity contribution in [2.24, 2.45) is 0 Å². The predicted octanol–water partition coefficient (Wildman–Crippen LogP) is 5.37. The quantitative estimate of drug-likeness (QED) is 0.510. The lowest BCUT2D eigenvalue weighted by Crippen LogP contribution is -2.12. The van der Waals surface area contributed by atoms with Crippen LogP contribution in [0.2, 0.25) is 5.02 Å². The Morgan fingerprint density at radius 2 is 1.78 bits per heavy atom. The summed E-state index contributed by atoms with van der Waals surface area (Å²) in [5.74, 6) is 1.31. The van der Waals surface area contributed by atoms with Gasteiger partial charge in [0.2, 0.25) is 5.91 Å². The molecule has 3 aromatic carbocycles. The van der Waals surface area contributed by atoms with Crippen LogP contribution in [0.5, 0.6) is 23.0 Å². The number of hydrogen-bond donors (Lipinski definition) is 2. The summed E-state index contributed by atoms with van der Waals surface area (Å²) in [7, 11) is 3.10. The van der Waals surface area contributed by atoms with Gasteiger partial charge in [-0.15, -0.1) is 0 Å². The van der Waals surface area contributed by atoms with Crippen LogP contribution in [0.3, 0.4) is 0 Å². The van der Waals surface area contributed by atoms with E-state index < -0.39 is 0 Å². The Balaban J connectivity index is 1.50. The Labute approximate surface area is 189 Å². The molecule has 4 rings (SSSR count). The van der Waals surface area contributed by atoms with Crippen molar-refractivity contribution < 1.29 is 23.8 Å². The normalized spacial score (nSPS) is 12.2. The third-order valence-corrected chi connectivity index (χ3v) is 4.97. The van der Waals surface area contributed by atoms with Crippen molar-refractivity contribution in [3.8, 4) is 23.0 Å². The lowest BCUT2D eigenvalue weighted by Gasteiger charge is -2.09. The van der Waals surface area contributed by atoms with Crippen LogP contribution < -0.4 is 24.8 Å². The first-order valence-corrected chi connectivity index (χ1v) is 9.98. The lowest BCUT2D eigenvalue weighted by atomic mass is 10.1. The first-order chi connectivity index (χ1) is 15.5. The second kappa shape index (κ2) is 9.03. The van der Waals surface area contributed by atoms with Gasteiger partial charge in [-0.3, -0.25) is 9.59 Å². The zero-order chi connectivity index (χ0) is 22.7. The number of carbonyl (C=O) groups excluding carboxylic acids is 2. The number of rotatable bonds is 5. The Morgan fingerprint density at radius 1 is 1.00 bits per heavy atom. The largest absolute Gasteiger partial charge is 0.493 e. The van der Waals surface area contributed by atoms with Crippen LogP contribution in [0, 0.1) is 0 Å². The fourth-order valence-electron chi connectivity index (χ4n) is 3.18. The Kier molecular flexibility index (Phi) is 6.00. The number of anilines is 2. The molecule has 0 bridgehead atoms. The molecule has 1 aliphatic heterocycles. The monoisotopic (exact) mass is 450 g/mol. The summed E-state index contributed by atoms with van der Waals surface area (Å²) in [6.45, 7) is 0. The first kappa shape index (κ1) is 21.3. The fraction of sp³-hybridized carbons (Fsp3) is 0.0833. The van der Waals surface area contributed by atoms with Crippen LogP contribution in [-0.4, -0.2) is 26.0 Å². The molecule has 0 radical (unpaired) electrons. The van der Waals surface area contributed by atoms with E-state index in [-0.39, 0.29) is 11.8 Å². The molecule has 8 heteroatoms. The van der Waals surface area contributed by atoms with Gasteiger partial charge in [0.25, 0.3) is 5.91 Å². The number of ether oxygens (including phenoxy) is 3. The van der Waals surface area contributed by atoms with Gasteiger partial charge in [-0.25, -0.2) is 0 Å². The molecular weight excluding hydrogens is 432 g/mol. The average Bonchev–Trinajstić information content (AvgIpc) is 2.92. The van der Waals surface area contributed by atoms with Crippen molar-refractivity contribution in [2.45, 2.75) is 0 Å². The van der Waals surface area contributed by atoms with Gasteiger partial charge in [0.05, 0.1) is 25.5 Å². The van der Waals surface area contributed by atoms with Gasteiger partial charge in [-0.05, 0) is 60.2 Å². The number of methoxy groups -OCH3 is 2. The van der Waals surface area contributed by atoms with E-state index in [1.54, 1.807) is 74.9 Å². The Bertz CT molecular complexity index is 1240. The predicted molar refractivity (Wildman–Crippen MR) is 123 cm³/mol. The van der Waals surface area contributed by atoms with E-state index in [0.29, 0.717) is 45.0 Å². The number of benzene rings is 3. The molecule has 7 nitrogen and oxygen atoms in total. The van der Waals surface area contributed by atoms with E-state index in [2.05, 4.69) is 10.6 Å². The van der Waals surface area contributed by atoms with Gasteiger partial charge >= 0.3 is 0 Å². The molecular formula is C24H19ClN2O5. The van der Waals surface area contributed by atoms with Crippen LogP contribution in [0.4, 0.5) is 11.4 Å². The summed E-state index contributed by atoms with van der Waals surface area (Å²) < 4.78 is 16.3. The van der Waals surface area contributed by atoms with Crippen molar-refractivity contribution in [1.82, 2.24) is 0 Å².